The lowest BCUT2D eigenvalue weighted by Gasteiger charge is -2.23. The minimum atomic E-state index is -1.01. The average molecular weight is 252 g/mol. The molecule has 1 atom stereocenters. The number of carboxylic acids is 1. The summed E-state index contributed by atoms with van der Waals surface area (Å²) in [6.07, 6.45) is -0.0575. The zero-order chi connectivity index (χ0) is 13.0. The van der Waals surface area contributed by atoms with E-state index in [1.807, 2.05) is 0 Å². The number of carboxylic acid groups (broad SMARTS) is 1. The van der Waals surface area contributed by atoms with E-state index in [1.165, 1.54) is 6.07 Å². The fourth-order valence-corrected chi connectivity index (χ4v) is 1.77. The number of nitrogens with two attached hydrogens (primary N) is 1. The van der Waals surface area contributed by atoms with Crippen molar-refractivity contribution in [3.63, 3.8) is 0 Å². The number of benzene rings is 1. The highest BCUT2D eigenvalue weighted by Crippen LogP contribution is 2.19. The Morgan fingerprint density at radius 2 is 2.33 bits per heavy atom. The normalized spacial score (nSPS) is 19.4. The summed E-state index contributed by atoms with van der Waals surface area (Å²) < 4.78 is 10.7. The third-order valence-electron chi connectivity index (χ3n) is 2.68. The zero-order valence-electron chi connectivity index (χ0n) is 9.89. The van der Waals surface area contributed by atoms with E-state index in [0.717, 1.165) is 0 Å². The lowest BCUT2D eigenvalue weighted by Crippen LogP contribution is -2.34. The van der Waals surface area contributed by atoms with Gasteiger partial charge >= 0.3 is 5.97 Å². The van der Waals surface area contributed by atoms with Crippen molar-refractivity contribution in [1.82, 2.24) is 0 Å². The summed E-state index contributed by atoms with van der Waals surface area (Å²) in [5.74, 6) is -1.01. The van der Waals surface area contributed by atoms with Gasteiger partial charge < -0.3 is 25.6 Å². The Morgan fingerprint density at radius 3 is 3.00 bits per heavy atom. The van der Waals surface area contributed by atoms with E-state index >= 15 is 0 Å². The molecule has 0 spiro atoms. The third kappa shape index (κ3) is 3.12. The second-order valence-electron chi connectivity index (χ2n) is 4.06. The van der Waals surface area contributed by atoms with Gasteiger partial charge in [0.25, 0.3) is 0 Å². The molecule has 1 heterocycles. The number of rotatable bonds is 4. The van der Waals surface area contributed by atoms with E-state index in [0.29, 0.717) is 37.7 Å². The van der Waals surface area contributed by atoms with Crippen LogP contribution < -0.4 is 11.1 Å². The van der Waals surface area contributed by atoms with Crippen LogP contribution in [0.1, 0.15) is 10.4 Å². The van der Waals surface area contributed by atoms with Crippen LogP contribution in [0, 0.1) is 0 Å². The average Bonchev–Trinajstić information content (AvgIpc) is 2.38. The molecule has 6 heteroatoms. The number of nitrogens with one attached hydrogen (secondary N) is 1. The van der Waals surface area contributed by atoms with E-state index in [1.54, 1.807) is 12.1 Å². The summed E-state index contributed by atoms with van der Waals surface area (Å²) in [6.45, 7) is 2.20. The lowest BCUT2D eigenvalue weighted by atomic mass is 10.1. The van der Waals surface area contributed by atoms with Gasteiger partial charge in [-0.3, -0.25) is 0 Å². The first-order valence-corrected chi connectivity index (χ1v) is 5.73. The molecule has 2 rings (SSSR count). The van der Waals surface area contributed by atoms with E-state index in [-0.39, 0.29) is 11.7 Å². The quantitative estimate of drug-likeness (QED) is 0.686. The minimum absolute atomic E-state index is 0.0575. The Bertz CT molecular complexity index is 430. The number of ether oxygens (including phenoxy) is 2. The van der Waals surface area contributed by atoms with Crippen LogP contribution in [0.25, 0.3) is 0 Å². The molecule has 98 valence electrons. The second-order valence-corrected chi connectivity index (χ2v) is 4.06. The van der Waals surface area contributed by atoms with Crippen molar-refractivity contribution in [2.45, 2.75) is 6.10 Å². The molecule has 6 nitrogen and oxygen atoms in total. The fraction of sp³-hybridized carbons (Fsp3) is 0.417. The van der Waals surface area contributed by atoms with Crippen LogP contribution in [0.5, 0.6) is 0 Å². The van der Waals surface area contributed by atoms with Gasteiger partial charge in [-0.2, -0.15) is 0 Å². The molecule has 1 aliphatic heterocycles. The maximum absolute atomic E-state index is 11.1. The largest absolute Gasteiger partial charge is 0.478 e. The van der Waals surface area contributed by atoms with Crippen LogP contribution in [0.3, 0.4) is 0 Å². The van der Waals surface area contributed by atoms with Crippen molar-refractivity contribution in [1.29, 1.82) is 0 Å². The molecule has 0 bridgehead atoms. The molecule has 1 aliphatic rings. The third-order valence-corrected chi connectivity index (χ3v) is 2.68. The molecule has 1 unspecified atom stereocenters. The number of aromatic carboxylic acids is 1. The van der Waals surface area contributed by atoms with Gasteiger partial charge in [-0.1, -0.05) is 0 Å². The van der Waals surface area contributed by atoms with Crippen LogP contribution in [-0.4, -0.2) is 43.5 Å². The van der Waals surface area contributed by atoms with Crippen molar-refractivity contribution in [2.75, 3.05) is 37.4 Å². The highest BCUT2D eigenvalue weighted by molar-refractivity contribution is 5.95. The van der Waals surface area contributed by atoms with Gasteiger partial charge in [-0.05, 0) is 18.2 Å². The van der Waals surface area contributed by atoms with Gasteiger partial charge in [0.2, 0.25) is 0 Å². The van der Waals surface area contributed by atoms with Crippen LogP contribution in [0.4, 0.5) is 11.4 Å². The van der Waals surface area contributed by atoms with Crippen LogP contribution >= 0.6 is 0 Å². The van der Waals surface area contributed by atoms with Gasteiger partial charge in [0.1, 0.15) is 0 Å². The molecule has 0 amide bonds. The summed E-state index contributed by atoms with van der Waals surface area (Å²) >= 11 is 0. The molecular weight excluding hydrogens is 236 g/mol. The summed E-state index contributed by atoms with van der Waals surface area (Å²) in [4.78, 5) is 11.1. The minimum Gasteiger partial charge on any atom is -0.478 e. The highest BCUT2D eigenvalue weighted by atomic mass is 16.6. The van der Waals surface area contributed by atoms with Gasteiger partial charge in [0, 0.05) is 17.9 Å². The predicted octanol–water partition coefficient (Wildman–Crippen LogP) is 0.794. The molecule has 1 saturated heterocycles. The first-order chi connectivity index (χ1) is 8.66. The van der Waals surface area contributed by atoms with E-state index < -0.39 is 5.97 Å². The van der Waals surface area contributed by atoms with E-state index in [9.17, 15) is 4.79 Å². The summed E-state index contributed by atoms with van der Waals surface area (Å²) in [7, 11) is 0. The first kappa shape index (κ1) is 12.7. The van der Waals surface area contributed by atoms with Crippen LogP contribution in [0.15, 0.2) is 18.2 Å². The van der Waals surface area contributed by atoms with Gasteiger partial charge in [-0.15, -0.1) is 0 Å². The predicted molar refractivity (Wildman–Crippen MR) is 66.9 cm³/mol. The zero-order valence-corrected chi connectivity index (χ0v) is 9.89. The Kier molecular flexibility index (Phi) is 4.01. The van der Waals surface area contributed by atoms with E-state index in [2.05, 4.69) is 5.32 Å². The van der Waals surface area contributed by atoms with Crippen molar-refractivity contribution >= 4 is 17.3 Å². The van der Waals surface area contributed by atoms with E-state index in [4.69, 9.17) is 20.3 Å². The smallest absolute Gasteiger partial charge is 0.337 e. The molecule has 0 radical (unpaired) electrons. The standard InChI is InChI=1S/C12H16N2O4/c13-8-1-2-11(10(5-8)12(15)16)14-6-9-7-17-3-4-18-9/h1-2,5,9,14H,3-4,6-7,13H2,(H,15,16). The van der Waals surface area contributed by atoms with Crippen molar-refractivity contribution in [3.8, 4) is 0 Å². The first-order valence-electron chi connectivity index (χ1n) is 5.73. The SMILES string of the molecule is Nc1ccc(NCC2COCCO2)c(C(=O)O)c1. The molecule has 0 aromatic heterocycles. The maximum atomic E-state index is 11.1. The lowest BCUT2D eigenvalue weighted by molar-refractivity contribution is -0.0818. The van der Waals surface area contributed by atoms with Crippen LogP contribution in [-0.2, 0) is 9.47 Å². The van der Waals surface area contributed by atoms with Crippen molar-refractivity contribution < 1.29 is 19.4 Å². The van der Waals surface area contributed by atoms with Crippen LogP contribution in [0.2, 0.25) is 0 Å². The number of carbonyl (C=O) groups is 1. The number of anilines is 2. The topological polar surface area (TPSA) is 93.8 Å². The summed E-state index contributed by atoms with van der Waals surface area (Å²) in [6, 6.07) is 4.75. The second kappa shape index (κ2) is 5.70. The molecule has 1 fully saturated rings. The Balaban J connectivity index is 2.01. The highest BCUT2D eigenvalue weighted by Gasteiger charge is 2.16. The monoisotopic (exact) mass is 252 g/mol. The number of hydrogen-bond donors (Lipinski definition) is 3. The maximum Gasteiger partial charge on any atom is 0.337 e. The molecule has 0 saturated carbocycles. The van der Waals surface area contributed by atoms with Crippen molar-refractivity contribution in [2.24, 2.45) is 0 Å². The molecular formula is C12H16N2O4. The number of hydrogen-bond acceptors (Lipinski definition) is 5. The Labute approximate surface area is 105 Å². The van der Waals surface area contributed by atoms with Gasteiger partial charge in [0.15, 0.2) is 0 Å². The molecule has 1 aromatic carbocycles. The van der Waals surface area contributed by atoms with Gasteiger partial charge in [-0.25, -0.2) is 4.79 Å². The Hall–Kier alpha value is -1.79. The van der Waals surface area contributed by atoms with Crippen molar-refractivity contribution in [3.05, 3.63) is 23.8 Å². The molecule has 0 aliphatic carbocycles. The molecule has 1 aromatic rings. The Morgan fingerprint density at radius 1 is 1.50 bits per heavy atom. The molecule has 4 N–H and O–H groups in total. The van der Waals surface area contributed by atoms with Gasteiger partial charge in [0.05, 0.1) is 31.5 Å². The summed E-state index contributed by atoms with van der Waals surface area (Å²) in [5, 5.41) is 12.1. The number of nitrogen functional groups attached to an aromatic ring is 1. The summed E-state index contributed by atoms with van der Waals surface area (Å²) in [5.41, 5.74) is 6.69. The molecule has 18 heavy (non-hydrogen) atoms. The fourth-order valence-electron chi connectivity index (χ4n) is 1.77.